The highest BCUT2D eigenvalue weighted by molar-refractivity contribution is 6.00. The quantitative estimate of drug-likeness (QED) is 0.527. The van der Waals surface area contributed by atoms with Crippen LogP contribution in [0.2, 0.25) is 0 Å². The van der Waals surface area contributed by atoms with Gasteiger partial charge in [0.05, 0.1) is 0 Å². The van der Waals surface area contributed by atoms with Crippen molar-refractivity contribution in [3.05, 3.63) is 54.6 Å². The second kappa shape index (κ2) is 9.16. The highest BCUT2D eigenvalue weighted by Crippen LogP contribution is 2.15. The van der Waals surface area contributed by atoms with E-state index in [1.807, 2.05) is 18.2 Å². The van der Waals surface area contributed by atoms with Gasteiger partial charge in [0.2, 0.25) is 0 Å². The van der Waals surface area contributed by atoms with E-state index >= 15 is 0 Å². The van der Waals surface area contributed by atoms with Gasteiger partial charge in [-0.15, -0.1) is 0 Å². The molecule has 0 radical (unpaired) electrons. The Hall–Kier alpha value is -3.06. The van der Waals surface area contributed by atoms with E-state index < -0.39 is 0 Å². The van der Waals surface area contributed by atoms with Crippen LogP contribution in [0.4, 0.5) is 26.7 Å². The summed E-state index contributed by atoms with van der Waals surface area (Å²) in [4.78, 5) is 23.6. The molecule has 24 heavy (non-hydrogen) atoms. The van der Waals surface area contributed by atoms with Crippen molar-refractivity contribution in [3.63, 3.8) is 0 Å². The molecule has 7 heteroatoms. The van der Waals surface area contributed by atoms with Gasteiger partial charge in [0.15, 0.2) is 0 Å². The Morgan fingerprint density at radius 2 is 1.38 bits per heavy atom. The lowest BCUT2D eigenvalue weighted by molar-refractivity contribution is 0.249. The van der Waals surface area contributed by atoms with Crippen LogP contribution in [-0.2, 0) is 0 Å². The van der Waals surface area contributed by atoms with Gasteiger partial charge >= 0.3 is 12.1 Å². The van der Waals surface area contributed by atoms with Gasteiger partial charge in [-0.2, -0.15) is 0 Å². The summed E-state index contributed by atoms with van der Waals surface area (Å²) >= 11 is 0. The molecular weight excluding hydrogens is 308 g/mol. The third kappa shape index (κ3) is 5.98. The fourth-order valence-electron chi connectivity index (χ4n) is 1.95. The van der Waals surface area contributed by atoms with Gasteiger partial charge in [0.25, 0.3) is 0 Å². The van der Waals surface area contributed by atoms with Crippen molar-refractivity contribution >= 4 is 29.1 Å². The number of amides is 4. The zero-order chi connectivity index (χ0) is 17.2. The van der Waals surface area contributed by atoms with Crippen LogP contribution in [0.1, 0.15) is 6.42 Å². The minimum atomic E-state index is -0.370. The molecule has 0 atom stereocenters. The Morgan fingerprint density at radius 1 is 0.792 bits per heavy atom. The van der Waals surface area contributed by atoms with E-state index in [2.05, 4.69) is 21.3 Å². The van der Waals surface area contributed by atoms with Crippen molar-refractivity contribution in [2.75, 3.05) is 29.1 Å². The van der Waals surface area contributed by atoms with E-state index in [1.54, 1.807) is 36.4 Å². The van der Waals surface area contributed by atoms with Crippen LogP contribution < -0.4 is 21.3 Å². The van der Waals surface area contributed by atoms with Crippen LogP contribution in [0.3, 0.4) is 0 Å². The average molecular weight is 328 g/mol. The Morgan fingerprint density at radius 3 is 2.04 bits per heavy atom. The summed E-state index contributed by atoms with van der Waals surface area (Å²) in [6.07, 6.45) is 0.495. The van der Waals surface area contributed by atoms with E-state index in [0.717, 1.165) is 0 Å². The van der Waals surface area contributed by atoms with E-state index in [9.17, 15) is 9.59 Å². The summed E-state index contributed by atoms with van der Waals surface area (Å²) in [5.74, 6) is 0. The van der Waals surface area contributed by atoms with Crippen LogP contribution >= 0.6 is 0 Å². The number of hydrogen-bond acceptors (Lipinski definition) is 3. The summed E-state index contributed by atoms with van der Waals surface area (Å²) in [6.45, 7) is 0.413. The molecule has 2 rings (SSSR count). The predicted molar refractivity (Wildman–Crippen MR) is 94.2 cm³/mol. The fourth-order valence-corrected chi connectivity index (χ4v) is 1.95. The highest BCUT2D eigenvalue weighted by Gasteiger charge is 2.05. The van der Waals surface area contributed by atoms with Crippen molar-refractivity contribution < 1.29 is 14.7 Å². The van der Waals surface area contributed by atoms with Gasteiger partial charge in [-0.3, -0.25) is 0 Å². The number of para-hydroxylation sites is 1. The lowest BCUT2D eigenvalue weighted by Crippen LogP contribution is -2.30. The molecule has 0 saturated heterocycles. The molecule has 2 aromatic carbocycles. The molecule has 0 saturated carbocycles. The van der Waals surface area contributed by atoms with Gasteiger partial charge in [-0.25, -0.2) is 9.59 Å². The minimum Gasteiger partial charge on any atom is -0.396 e. The lowest BCUT2D eigenvalue weighted by atomic mass is 10.3. The van der Waals surface area contributed by atoms with Crippen molar-refractivity contribution in [3.8, 4) is 0 Å². The molecular formula is C17H20N4O3. The number of urea groups is 2. The molecule has 0 unspecified atom stereocenters. The topological polar surface area (TPSA) is 102 Å². The molecule has 0 bridgehead atoms. The van der Waals surface area contributed by atoms with Crippen molar-refractivity contribution in [1.82, 2.24) is 5.32 Å². The van der Waals surface area contributed by atoms with Crippen LogP contribution in [0.15, 0.2) is 54.6 Å². The van der Waals surface area contributed by atoms with Gasteiger partial charge in [-0.05, 0) is 36.8 Å². The number of rotatable bonds is 6. The van der Waals surface area contributed by atoms with Gasteiger partial charge in [-0.1, -0.05) is 24.3 Å². The van der Waals surface area contributed by atoms with Crippen LogP contribution in [0.25, 0.3) is 0 Å². The average Bonchev–Trinajstić information content (AvgIpc) is 2.56. The second-order valence-corrected chi connectivity index (χ2v) is 4.98. The smallest absolute Gasteiger partial charge is 0.323 e. The molecule has 0 aliphatic rings. The summed E-state index contributed by atoms with van der Waals surface area (Å²) in [6, 6.07) is 15.2. The molecule has 0 fully saturated rings. The van der Waals surface area contributed by atoms with Gasteiger partial charge < -0.3 is 26.4 Å². The monoisotopic (exact) mass is 328 g/mol. The molecule has 2 aromatic rings. The molecule has 126 valence electrons. The third-order valence-electron chi connectivity index (χ3n) is 3.03. The number of aliphatic hydroxyl groups excluding tert-OH is 1. The summed E-state index contributed by atoms with van der Waals surface area (Å²) in [7, 11) is 0. The Balaban J connectivity index is 1.87. The standard InChI is InChI=1S/C17H20N4O3/c22-11-5-10-18-16(23)20-14-8-4-9-15(12-14)21-17(24)19-13-6-2-1-3-7-13/h1-4,6-9,12,22H,5,10-11H2,(H2,18,20,23)(H2,19,21,24). The zero-order valence-electron chi connectivity index (χ0n) is 13.1. The van der Waals surface area contributed by atoms with Crippen molar-refractivity contribution in [2.45, 2.75) is 6.42 Å². The number of carbonyl (C=O) groups is 2. The molecule has 5 N–H and O–H groups in total. The number of aliphatic hydroxyl groups is 1. The van der Waals surface area contributed by atoms with Crippen LogP contribution in [-0.4, -0.2) is 30.3 Å². The number of nitrogens with one attached hydrogen (secondary N) is 4. The van der Waals surface area contributed by atoms with Crippen molar-refractivity contribution in [1.29, 1.82) is 0 Å². The normalized spacial score (nSPS) is 9.88. The molecule has 0 aliphatic carbocycles. The first-order valence-electron chi connectivity index (χ1n) is 7.56. The fraction of sp³-hybridized carbons (Fsp3) is 0.176. The van der Waals surface area contributed by atoms with E-state index in [4.69, 9.17) is 5.11 Å². The van der Waals surface area contributed by atoms with Gasteiger partial charge in [0.1, 0.15) is 0 Å². The number of benzene rings is 2. The number of hydrogen-bond donors (Lipinski definition) is 5. The van der Waals surface area contributed by atoms with Gasteiger partial charge in [0, 0.05) is 30.2 Å². The third-order valence-corrected chi connectivity index (χ3v) is 3.03. The van der Waals surface area contributed by atoms with E-state index in [1.165, 1.54) is 0 Å². The van der Waals surface area contributed by atoms with E-state index in [0.29, 0.717) is 30.0 Å². The molecule has 0 heterocycles. The summed E-state index contributed by atoms with van der Waals surface area (Å²) < 4.78 is 0. The SMILES string of the molecule is O=C(NCCCO)Nc1cccc(NC(=O)Nc2ccccc2)c1. The Kier molecular flexibility index (Phi) is 6.60. The first-order valence-corrected chi connectivity index (χ1v) is 7.56. The second-order valence-electron chi connectivity index (χ2n) is 4.98. The molecule has 0 aliphatic heterocycles. The first kappa shape index (κ1) is 17.3. The summed E-state index contributed by atoms with van der Waals surface area (Å²) in [5.41, 5.74) is 1.79. The number of anilines is 3. The number of carbonyl (C=O) groups excluding carboxylic acids is 2. The molecule has 0 spiro atoms. The molecule has 4 amide bonds. The minimum absolute atomic E-state index is 0.0240. The van der Waals surface area contributed by atoms with Crippen molar-refractivity contribution in [2.24, 2.45) is 0 Å². The Labute approximate surface area is 140 Å². The summed E-state index contributed by atoms with van der Waals surface area (Å²) in [5, 5.41) is 19.4. The predicted octanol–water partition coefficient (Wildman–Crippen LogP) is 2.83. The molecule has 7 nitrogen and oxygen atoms in total. The van der Waals surface area contributed by atoms with Crippen LogP contribution in [0.5, 0.6) is 0 Å². The van der Waals surface area contributed by atoms with Crippen LogP contribution in [0, 0.1) is 0 Å². The maximum Gasteiger partial charge on any atom is 0.323 e. The largest absolute Gasteiger partial charge is 0.396 e. The lowest BCUT2D eigenvalue weighted by Gasteiger charge is -2.10. The maximum atomic E-state index is 11.9. The molecule has 0 aromatic heterocycles. The van der Waals surface area contributed by atoms with E-state index in [-0.39, 0.29) is 18.7 Å². The zero-order valence-corrected chi connectivity index (χ0v) is 13.1. The first-order chi connectivity index (χ1) is 11.7. The highest BCUT2D eigenvalue weighted by atomic mass is 16.3. The maximum absolute atomic E-state index is 11.9. The Bertz CT molecular complexity index is 677.